The van der Waals surface area contributed by atoms with E-state index in [-0.39, 0.29) is 22.7 Å². The Morgan fingerprint density at radius 3 is 2.94 bits per heavy atom. The van der Waals surface area contributed by atoms with E-state index >= 15 is 0 Å². The Morgan fingerprint density at radius 2 is 2.33 bits per heavy atom. The molecule has 1 atom stereocenters. The second-order valence-corrected chi connectivity index (χ2v) is 5.36. The lowest BCUT2D eigenvalue weighted by Gasteiger charge is -2.10. The van der Waals surface area contributed by atoms with Gasteiger partial charge in [-0.2, -0.15) is 11.8 Å². The van der Waals surface area contributed by atoms with Crippen molar-refractivity contribution in [3.63, 3.8) is 0 Å². The molecule has 0 spiro atoms. The van der Waals surface area contributed by atoms with Gasteiger partial charge in [0.1, 0.15) is 5.69 Å². The summed E-state index contributed by atoms with van der Waals surface area (Å²) in [6.45, 7) is 3.95. The quantitative estimate of drug-likeness (QED) is 0.808. The summed E-state index contributed by atoms with van der Waals surface area (Å²) in [6.07, 6.45) is 1.98. The van der Waals surface area contributed by atoms with Crippen molar-refractivity contribution >= 4 is 35.0 Å². The number of nitrogens with one attached hydrogen (secondary N) is 1. The summed E-state index contributed by atoms with van der Waals surface area (Å²) in [4.78, 5) is 27.2. The zero-order valence-corrected chi connectivity index (χ0v) is 12.2. The lowest BCUT2D eigenvalue weighted by Crippen LogP contribution is -2.34. The molecule has 18 heavy (non-hydrogen) atoms. The Balaban J connectivity index is 2.62. The van der Waals surface area contributed by atoms with Crippen molar-refractivity contribution < 1.29 is 14.3 Å². The molecule has 0 radical (unpaired) electrons. The van der Waals surface area contributed by atoms with Crippen LogP contribution in [0.4, 0.5) is 0 Å². The van der Waals surface area contributed by atoms with Gasteiger partial charge >= 0.3 is 5.97 Å². The molecular formula is C11H16N2O3S2. The Morgan fingerprint density at radius 1 is 1.61 bits per heavy atom. The predicted octanol–water partition coefficient (Wildman–Crippen LogP) is 1.80. The number of hydrogen-bond acceptors (Lipinski definition) is 6. The molecule has 0 aliphatic heterocycles. The fraction of sp³-hybridized carbons (Fsp3) is 0.545. The summed E-state index contributed by atoms with van der Waals surface area (Å²) < 4.78 is 4.81. The number of hydrogen-bond donors (Lipinski definition) is 1. The van der Waals surface area contributed by atoms with Crippen LogP contribution in [0.1, 0.15) is 34.1 Å². The lowest BCUT2D eigenvalue weighted by molar-refractivity contribution is 0.0526. The minimum atomic E-state index is -0.487. The van der Waals surface area contributed by atoms with Gasteiger partial charge in [-0.15, -0.1) is 11.3 Å². The van der Waals surface area contributed by atoms with Gasteiger partial charge in [0, 0.05) is 17.2 Å². The zero-order valence-electron chi connectivity index (χ0n) is 10.6. The smallest absolute Gasteiger partial charge is 0.367 e. The van der Waals surface area contributed by atoms with Crippen LogP contribution in [0.5, 0.6) is 0 Å². The molecule has 1 N–H and O–H groups in total. The highest BCUT2D eigenvalue weighted by molar-refractivity contribution is 7.98. The number of thioether (sulfide) groups is 1. The van der Waals surface area contributed by atoms with Gasteiger partial charge in [-0.1, -0.05) is 0 Å². The van der Waals surface area contributed by atoms with Crippen LogP contribution in [0.15, 0.2) is 5.38 Å². The first kappa shape index (κ1) is 15.0. The number of nitrogens with zero attached hydrogens (tertiary/aromatic N) is 1. The van der Waals surface area contributed by atoms with Gasteiger partial charge in [-0.3, -0.25) is 4.79 Å². The number of rotatable bonds is 6. The van der Waals surface area contributed by atoms with E-state index in [0.29, 0.717) is 6.61 Å². The SMILES string of the molecule is CCOC(=O)c1nc(C(=O)NC(C)CSC)cs1. The summed E-state index contributed by atoms with van der Waals surface area (Å²) in [6, 6.07) is 0.0697. The third-order valence-corrected chi connectivity index (χ3v) is 3.64. The molecule has 0 saturated heterocycles. The average Bonchev–Trinajstić information content (AvgIpc) is 2.78. The van der Waals surface area contributed by atoms with E-state index in [9.17, 15) is 9.59 Å². The Bertz CT molecular complexity index is 420. The second-order valence-electron chi connectivity index (χ2n) is 3.59. The Hall–Kier alpha value is -1.08. The third kappa shape index (κ3) is 4.30. The fourth-order valence-corrected chi connectivity index (χ4v) is 2.53. The number of aromatic nitrogens is 1. The van der Waals surface area contributed by atoms with E-state index in [1.807, 2.05) is 13.2 Å². The first-order valence-electron chi connectivity index (χ1n) is 5.51. The highest BCUT2D eigenvalue weighted by Gasteiger charge is 2.17. The van der Waals surface area contributed by atoms with Gasteiger partial charge in [0.2, 0.25) is 5.01 Å². The maximum Gasteiger partial charge on any atom is 0.367 e. The maximum absolute atomic E-state index is 11.8. The predicted molar refractivity (Wildman–Crippen MR) is 73.4 cm³/mol. The molecule has 7 heteroatoms. The molecule has 0 bridgehead atoms. The molecule has 1 amide bonds. The van der Waals surface area contributed by atoms with Crippen LogP contribution in [0.25, 0.3) is 0 Å². The molecule has 0 aliphatic rings. The van der Waals surface area contributed by atoms with Crippen LogP contribution in [0.3, 0.4) is 0 Å². The highest BCUT2D eigenvalue weighted by atomic mass is 32.2. The number of carbonyl (C=O) groups excluding carboxylic acids is 2. The Labute approximate surface area is 114 Å². The summed E-state index contributed by atoms with van der Waals surface area (Å²) >= 11 is 2.77. The molecule has 1 aromatic rings. The van der Waals surface area contributed by atoms with Crippen LogP contribution in [-0.2, 0) is 4.74 Å². The van der Waals surface area contributed by atoms with Crippen molar-refractivity contribution in [2.45, 2.75) is 19.9 Å². The largest absolute Gasteiger partial charge is 0.461 e. The highest BCUT2D eigenvalue weighted by Crippen LogP contribution is 2.11. The van der Waals surface area contributed by atoms with Gasteiger partial charge in [0.15, 0.2) is 0 Å². The lowest BCUT2D eigenvalue weighted by atomic mass is 10.3. The molecule has 0 aromatic carbocycles. The zero-order chi connectivity index (χ0) is 13.5. The minimum Gasteiger partial charge on any atom is -0.461 e. The van der Waals surface area contributed by atoms with Crippen molar-refractivity contribution in [3.05, 3.63) is 16.1 Å². The molecule has 0 fully saturated rings. The number of thiazole rings is 1. The van der Waals surface area contributed by atoms with Gasteiger partial charge < -0.3 is 10.1 Å². The van der Waals surface area contributed by atoms with Crippen molar-refractivity contribution in [1.82, 2.24) is 10.3 Å². The molecule has 1 aromatic heterocycles. The number of carbonyl (C=O) groups is 2. The number of amides is 1. The second kappa shape index (κ2) is 7.38. The molecule has 1 rings (SSSR count). The minimum absolute atomic E-state index is 0.0697. The first-order chi connectivity index (χ1) is 8.58. The monoisotopic (exact) mass is 288 g/mol. The van der Waals surface area contributed by atoms with Gasteiger partial charge in [-0.05, 0) is 20.1 Å². The van der Waals surface area contributed by atoms with Crippen LogP contribution in [0, 0.1) is 0 Å². The van der Waals surface area contributed by atoms with Crippen molar-refractivity contribution in [3.8, 4) is 0 Å². The van der Waals surface area contributed by atoms with Crippen molar-refractivity contribution in [2.75, 3.05) is 18.6 Å². The van der Waals surface area contributed by atoms with Gasteiger partial charge in [0.05, 0.1) is 6.61 Å². The van der Waals surface area contributed by atoms with E-state index < -0.39 is 5.97 Å². The number of ether oxygens (including phenoxy) is 1. The third-order valence-electron chi connectivity index (χ3n) is 1.98. The molecule has 100 valence electrons. The van der Waals surface area contributed by atoms with E-state index in [2.05, 4.69) is 10.3 Å². The number of esters is 1. The van der Waals surface area contributed by atoms with Gasteiger partial charge in [0.25, 0.3) is 5.91 Å². The van der Waals surface area contributed by atoms with Crippen molar-refractivity contribution in [1.29, 1.82) is 0 Å². The van der Waals surface area contributed by atoms with Gasteiger partial charge in [-0.25, -0.2) is 9.78 Å². The molecule has 0 saturated carbocycles. The summed E-state index contributed by atoms with van der Waals surface area (Å²) in [7, 11) is 0. The molecule has 0 aliphatic carbocycles. The Kier molecular flexibility index (Phi) is 6.14. The van der Waals surface area contributed by atoms with Crippen LogP contribution < -0.4 is 5.32 Å². The molecule has 5 nitrogen and oxygen atoms in total. The van der Waals surface area contributed by atoms with E-state index in [1.165, 1.54) is 0 Å². The summed E-state index contributed by atoms with van der Waals surface area (Å²) in [5.74, 6) is 0.0858. The van der Waals surface area contributed by atoms with Crippen LogP contribution >= 0.6 is 23.1 Å². The van der Waals surface area contributed by atoms with E-state index in [4.69, 9.17) is 4.74 Å². The first-order valence-corrected chi connectivity index (χ1v) is 7.78. The fourth-order valence-electron chi connectivity index (χ4n) is 1.25. The molecule has 1 heterocycles. The molecular weight excluding hydrogens is 272 g/mol. The topological polar surface area (TPSA) is 68.3 Å². The van der Waals surface area contributed by atoms with E-state index in [0.717, 1.165) is 17.1 Å². The average molecular weight is 288 g/mol. The molecule has 1 unspecified atom stereocenters. The normalized spacial score (nSPS) is 11.9. The van der Waals surface area contributed by atoms with E-state index in [1.54, 1.807) is 24.1 Å². The maximum atomic E-state index is 11.8. The summed E-state index contributed by atoms with van der Waals surface area (Å²) in [5.41, 5.74) is 0.260. The van der Waals surface area contributed by atoms with Crippen LogP contribution in [-0.4, -0.2) is 41.5 Å². The summed E-state index contributed by atoms with van der Waals surface area (Å²) in [5, 5.41) is 4.58. The van der Waals surface area contributed by atoms with Crippen LogP contribution in [0.2, 0.25) is 0 Å². The standard InChI is InChI=1S/C11H16N2O3S2/c1-4-16-11(15)10-13-8(6-18-10)9(14)12-7(2)5-17-3/h6-7H,4-5H2,1-3H3,(H,12,14). The van der Waals surface area contributed by atoms with Crippen molar-refractivity contribution in [2.24, 2.45) is 0 Å².